The molecule has 0 bridgehead atoms. The summed E-state index contributed by atoms with van der Waals surface area (Å²) in [5, 5.41) is 3.45. The molecule has 1 nitrogen and oxygen atoms in total. The minimum absolute atomic E-state index is 0.369. The molecule has 1 atom stereocenters. The monoisotopic (exact) mass is 281 g/mol. The maximum absolute atomic E-state index is 3.45. The molecule has 0 radical (unpaired) electrons. The summed E-state index contributed by atoms with van der Waals surface area (Å²) in [5.41, 5.74) is 6.89. The molecular weight excluding hydrogens is 254 g/mol. The summed E-state index contributed by atoms with van der Waals surface area (Å²) < 4.78 is 0. The maximum atomic E-state index is 3.45. The van der Waals surface area contributed by atoms with Crippen molar-refractivity contribution in [2.24, 2.45) is 0 Å². The van der Waals surface area contributed by atoms with E-state index in [4.69, 9.17) is 0 Å². The Kier molecular flexibility index (Phi) is 5.19. The number of nitrogens with one attached hydrogen (secondary N) is 1. The molecule has 1 N–H and O–H groups in total. The third kappa shape index (κ3) is 3.95. The van der Waals surface area contributed by atoms with Crippen LogP contribution in [-0.2, 0) is 6.42 Å². The summed E-state index contributed by atoms with van der Waals surface area (Å²) in [6.07, 6.45) is 1.03. The summed E-state index contributed by atoms with van der Waals surface area (Å²) >= 11 is 0. The molecule has 1 unspecified atom stereocenters. The predicted octanol–water partition coefficient (Wildman–Crippen LogP) is 4.93. The largest absolute Gasteiger partial charge is 0.313 e. The van der Waals surface area contributed by atoms with E-state index in [0.717, 1.165) is 6.42 Å². The van der Waals surface area contributed by atoms with Gasteiger partial charge < -0.3 is 5.32 Å². The van der Waals surface area contributed by atoms with Gasteiger partial charge in [-0.3, -0.25) is 0 Å². The van der Waals surface area contributed by atoms with E-state index in [-0.39, 0.29) is 0 Å². The Balaban J connectivity index is 2.17. The summed E-state index contributed by atoms with van der Waals surface area (Å²) in [4.78, 5) is 0. The maximum Gasteiger partial charge on any atom is 0.0358 e. The van der Waals surface area contributed by atoms with Gasteiger partial charge in [0.1, 0.15) is 0 Å². The predicted molar refractivity (Wildman–Crippen MR) is 92.0 cm³/mol. The Hall–Kier alpha value is -1.60. The second-order valence-corrected chi connectivity index (χ2v) is 6.29. The summed E-state index contributed by atoms with van der Waals surface area (Å²) in [5.74, 6) is 0.590. The normalized spacial score (nSPS) is 12.7. The van der Waals surface area contributed by atoms with E-state index in [1.165, 1.54) is 27.8 Å². The van der Waals surface area contributed by atoms with Crippen LogP contribution < -0.4 is 5.32 Å². The Morgan fingerprint density at radius 1 is 0.857 bits per heavy atom. The van der Waals surface area contributed by atoms with Crippen LogP contribution in [0.2, 0.25) is 0 Å². The number of aryl methyl sites for hydroxylation is 2. The van der Waals surface area contributed by atoms with E-state index >= 15 is 0 Å². The van der Waals surface area contributed by atoms with Gasteiger partial charge in [-0.15, -0.1) is 0 Å². The van der Waals surface area contributed by atoms with Gasteiger partial charge >= 0.3 is 0 Å². The molecule has 0 aliphatic carbocycles. The minimum Gasteiger partial charge on any atom is -0.313 e. The Morgan fingerprint density at radius 2 is 1.48 bits per heavy atom. The summed E-state index contributed by atoms with van der Waals surface area (Å²) in [7, 11) is 2.04. The van der Waals surface area contributed by atoms with Crippen LogP contribution in [0, 0.1) is 13.8 Å². The molecule has 2 rings (SSSR count). The number of benzene rings is 2. The lowest BCUT2D eigenvalue weighted by Gasteiger charge is -2.18. The van der Waals surface area contributed by atoms with Crippen LogP contribution in [-0.4, -0.2) is 7.05 Å². The smallest absolute Gasteiger partial charge is 0.0358 e. The molecule has 0 heterocycles. The molecule has 0 aliphatic rings. The highest BCUT2D eigenvalue weighted by Crippen LogP contribution is 2.22. The van der Waals surface area contributed by atoms with E-state index in [2.05, 4.69) is 75.5 Å². The standard InChI is InChI=1S/C20H27N/c1-14(2)18-8-10-19(11-9-18)20(21-5)13-17-7-6-15(3)16(4)12-17/h6-12,14,20-21H,13H2,1-5H3. The van der Waals surface area contributed by atoms with Gasteiger partial charge in [0.15, 0.2) is 0 Å². The fourth-order valence-electron chi connectivity index (χ4n) is 2.67. The molecule has 2 aromatic rings. The third-order valence-corrected chi connectivity index (χ3v) is 4.37. The zero-order chi connectivity index (χ0) is 15.4. The van der Waals surface area contributed by atoms with Gasteiger partial charge in [-0.1, -0.05) is 56.3 Å². The second-order valence-electron chi connectivity index (χ2n) is 6.29. The Bertz CT molecular complexity index is 581. The molecule has 2 aromatic carbocycles. The molecule has 21 heavy (non-hydrogen) atoms. The zero-order valence-electron chi connectivity index (χ0n) is 13.9. The van der Waals surface area contributed by atoms with Gasteiger partial charge in [0.05, 0.1) is 0 Å². The molecule has 0 spiro atoms. The lowest BCUT2D eigenvalue weighted by Crippen LogP contribution is -2.19. The lowest BCUT2D eigenvalue weighted by molar-refractivity contribution is 0.591. The van der Waals surface area contributed by atoms with Crippen LogP contribution in [0.15, 0.2) is 42.5 Å². The van der Waals surface area contributed by atoms with Crippen molar-refractivity contribution in [1.82, 2.24) is 5.32 Å². The number of likely N-dealkylation sites (N-methyl/N-ethyl adjacent to an activating group) is 1. The highest BCUT2D eigenvalue weighted by atomic mass is 14.9. The summed E-state index contributed by atoms with van der Waals surface area (Å²) in [6, 6.07) is 16.2. The first-order valence-corrected chi connectivity index (χ1v) is 7.84. The average Bonchev–Trinajstić information content (AvgIpc) is 2.48. The fourth-order valence-corrected chi connectivity index (χ4v) is 2.67. The number of rotatable bonds is 5. The van der Waals surface area contributed by atoms with E-state index in [0.29, 0.717) is 12.0 Å². The minimum atomic E-state index is 0.369. The van der Waals surface area contributed by atoms with Crippen molar-refractivity contribution in [1.29, 1.82) is 0 Å². The fraction of sp³-hybridized carbons (Fsp3) is 0.400. The SMILES string of the molecule is CNC(Cc1ccc(C)c(C)c1)c1ccc(C(C)C)cc1. The van der Waals surface area contributed by atoms with Crippen molar-refractivity contribution < 1.29 is 0 Å². The highest BCUT2D eigenvalue weighted by Gasteiger charge is 2.11. The van der Waals surface area contributed by atoms with Gasteiger partial charge in [0, 0.05) is 6.04 Å². The quantitative estimate of drug-likeness (QED) is 0.819. The molecule has 112 valence electrons. The molecule has 0 aromatic heterocycles. The van der Waals surface area contributed by atoms with Crippen LogP contribution in [0.1, 0.15) is 53.6 Å². The molecular formula is C20H27N. The second kappa shape index (κ2) is 6.91. The van der Waals surface area contributed by atoms with Gasteiger partial charge in [0.25, 0.3) is 0 Å². The van der Waals surface area contributed by atoms with Crippen molar-refractivity contribution in [3.63, 3.8) is 0 Å². The first-order chi connectivity index (χ1) is 10.0. The van der Waals surface area contributed by atoms with Crippen LogP contribution in [0.3, 0.4) is 0 Å². The Labute approximate surface area is 129 Å². The number of hydrogen-bond acceptors (Lipinski definition) is 1. The van der Waals surface area contributed by atoms with Crippen LogP contribution in [0.4, 0.5) is 0 Å². The molecule has 0 saturated carbocycles. The lowest BCUT2D eigenvalue weighted by atomic mass is 9.94. The van der Waals surface area contributed by atoms with Crippen LogP contribution in [0.5, 0.6) is 0 Å². The van der Waals surface area contributed by atoms with Crippen LogP contribution in [0.25, 0.3) is 0 Å². The van der Waals surface area contributed by atoms with Crippen molar-refractivity contribution in [2.75, 3.05) is 7.05 Å². The van der Waals surface area contributed by atoms with Crippen molar-refractivity contribution in [3.8, 4) is 0 Å². The van der Waals surface area contributed by atoms with E-state index in [1.54, 1.807) is 0 Å². The molecule has 0 saturated heterocycles. The molecule has 0 aliphatic heterocycles. The average molecular weight is 281 g/mol. The van der Waals surface area contributed by atoms with Crippen LogP contribution >= 0.6 is 0 Å². The number of hydrogen-bond donors (Lipinski definition) is 1. The zero-order valence-corrected chi connectivity index (χ0v) is 13.9. The highest BCUT2D eigenvalue weighted by molar-refractivity contribution is 5.32. The van der Waals surface area contributed by atoms with Gasteiger partial charge in [-0.05, 0) is 61.1 Å². The van der Waals surface area contributed by atoms with Crippen molar-refractivity contribution >= 4 is 0 Å². The topological polar surface area (TPSA) is 12.0 Å². The van der Waals surface area contributed by atoms with E-state index < -0.39 is 0 Å². The van der Waals surface area contributed by atoms with Gasteiger partial charge in [-0.25, -0.2) is 0 Å². The first-order valence-electron chi connectivity index (χ1n) is 7.84. The molecule has 1 heteroatoms. The van der Waals surface area contributed by atoms with Gasteiger partial charge in [0.2, 0.25) is 0 Å². The van der Waals surface area contributed by atoms with Crippen molar-refractivity contribution in [3.05, 3.63) is 70.3 Å². The molecule has 0 amide bonds. The Morgan fingerprint density at radius 3 is 2.00 bits per heavy atom. The van der Waals surface area contributed by atoms with E-state index in [1.807, 2.05) is 7.05 Å². The van der Waals surface area contributed by atoms with E-state index in [9.17, 15) is 0 Å². The van der Waals surface area contributed by atoms with Gasteiger partial charge in [-0.2, -0.15) is 0 Å². The summed E-state index contributed by atoms with van der Waals surface area (Å²) in [6.45, 7) is 8.82. The third-order valence-electron chi connectivity index (χ3n) is 4.37. The first kappa shape index (κ1) is 15.8. The van der Waals surface area contributed by atoms with Crippen molar-refractivity contribution in [2.45, 2.75) is 46.1 Å². The molecule has 0 fully saturated rings.